The molecular formula is C25H26N8O2. The van der Waals surface area contributed by atoms with E-state index in [0.29, 0.717) is 17.3 Å². The zero-order valence-corrected chi connectivity index (χ0v) is 19.6. The number of nitrogens with one attached hydrogen (secondary N) is 1. The Labute approximate surface area is 203 Å². The summed E-state index contributed by atoms with van der Waals surface area (Å²) in [6, 6.07) is 16.5. The van der Waals surface area contributed by atoms with Gasteiger partial charge in [0.05, 0.1) is 10.6 Å². The number of non-ortho nitro benzene ring substituents is 1. The molecule has 1 N–H and O–H groups in total. The van der Waals surface area contributed by atoms with Crippen LogP contribution in [0.3, 0.4) is 0 Å². The lowest BCUT2D eigenvalue weighted by Crippen LogP contribution is -2.44. The molecule has 35 heavy (non-hydrogen) atoms. The standard InChI is InChI=1S/C25H26N8O2/c1-30-12-14-32(15-13-30)21-5-3-4-19(16-21)27-25-26-11-10-23(28-25)22-17-31(2)29-24(22)18-6-8-20(9-7-18)33(34)35/h3-11,16-17H,12-15H2,1-2H3,(H,26,27,28). The number of nitro groups is 1. The third-order valence-electron chi connectivity index (χ3n) is 6.08. The van der Waals surface area contributed by atoms with Gasteiger partial charge in [-0.2, -0.15) is 5.10 Å². The van der Waals surface area contributed by atoms with Crippen LogP contribution in [-0.2, 0) is 7.05 Å². The number of rotatable bonds is 6. The van der Waals surface area contributed by atoms with Crippen molar-refractivity contribution < 1.29 is 4.92 Å². The van der Waals surface area contributed by atoms with Gasteiger partial charge in [-0.05, 0) is 43.4 Å². The number of nitro benzene ring substituents is 1. The molecule has 0 saturated carbocycles. The largest absolute Gasteiger partial charge is 0.369 e. The highest BCUT2D eigenvalue weighted by atomic mass is 16.6. The molecule has 4 aromatic rings. The molecule has 1 aliphatic heterocycles. The van der Waals surface area contributed by atoms with Crippen molar-refractivity contribution in [3.63, 3.8) is 0 Å². The number of hydrogen-bond donors (Lipinski definition) is 1. The van der Waals surface area contributed by atoms with Gasteiger partial charge in [-0.15, -0.1) is 0 Å². The predicted octanol–water partition coefficient (Wildman–Crippen LogP) is 3.95. The van der Waals surface area contributed by atoms with Crippen molar-refractivity contribution in [2.75, 3.05) is 43.4 Å². The van der Waals surface area contributed by atoms with E-state index in [1.54, 1.807) is 23.0 Å². The minimum Gasteiger partial charge on any atom is -0.369 e. The number of likely N-dealkylation sites (N-methyl/N-ethyl adjacent to an activating group) is 1. The molecule has 0 radical (unpaired) electrons. The van der Waals surface area contributed by atoms with Gasteiger partial charge in [-0.3, -0.25) is 14.8 Å². The van der Waals surface area contributed by atoms with Crippen LogP contribution in [0.4, 0.5) is 23.0 Å². The maximum atomic E-state index is 11.0. The third-order valence-corrected chi connectivity index (χ3v) is 6.08. The molecule has 0 amide bonds. The Morgan fingerprint density at radius 1 is 1.00 bits per heavy atom. The Kier molecular flexibility index (Phi) is 6.11. The van der Waals surface area contributed by atoms with Crippen LogP contribution in [0, 0.1) is 10.1 Å². The number of anilines is 3. The molecule has 3 heterocycles. The quantitative estimate of drug-likeness (QED) is 0.334. The van der Waals surface area contributed by atoms with Gasteiger partial charge in [0.15, 0.2) is 0 Å². The topological polar surface area (TPSA) is 105 Å². The van der Waals surface area contributed by atoms with Crippen LogP contribution < -0.4 is 10.2 Å². The number of hydrogen-bond acceptors (Lipinski definition) is 8. The summed E-state index contributed by atoms with van der Waals surface area (Å²) in [6.45, 7) is 4.09. The molecule has 0 atom stereocenters. The Morgan fingerprint density at radius 2 is 1.77 bits per heavy atom. The summed E-state index contributed by atoms with van der Waals surface area (Å²) in [5.41, 5.74) is 5.13. The van der Waals surface area contributed by atoms with Crippen LogP contribution in [0.25, 0.3) is 22.5 Å². The van der Waals surface area contributed by atoms with Crippen molar-refractivity contribution in [3.8, 4) is 22.5 Å². The Balaban J connectivity index is 1.40. The van der Waals surface area contributed by atoms with Gasteiger partial charge in [0.1, 0.15) is 5.69 Å². The van der Waals surface area contributed by atoms with Gasteiger partial charge < -0.3 is 15.1 Å². The van der Waals surface area contributed by atoms with Crippen LogP contribution in [0.2, 0.25) is 0 Å². The molecule has 10 nitrogen and oxygen atoms in total. The summed E-state index contributed by atoms with van der Waals surface area (Å²) in [7, 11) is 3.98. The Bertz CT molecular complexity index is 1340. The van der Waals surface area contributed by atoms with Gasteiger partial charge >= 0.3 is 0 Å². The predicted molar refractivity (Wildman–Crippen MR) is 136 cm³/mol. The van der Waals surface area contributed by atoms with E-state index in [2.05, 4.69) is 44.4 Å². The molecule has 2 aromatic heterocycles. The third kappa shape index (κ3) is 4.97. The molecule has 1 aliphatic rings. The highest BCUT2D eigenvalue weighted by molar-refractivity contribution is 5.79. The van der Waals surface area contributed by atoms with E-state index >= 15 is 0 Å². The maximum absolute atomic E-state index is 11.0. The Morgan fingerprint density at radius 3 is 2.51 bits per heavy atom. The lowest BCUT2D eigenvalue weighted by molar-refractivity contribution is -0.384. The van der Waals surface area contributed by atoms with Crippen LogP contribution >= 0.6 is 0 Å². The average molecular weight is 471 g/mol. The zero-order chi connectivity index (χ0) is 24.4. The maximum Gasteiger partial charge on any atom is 0.269 e. The van der Waals surface area contributed by atoms with Crippen molar-refractivity contribution in [2.45, 2.75) is 0 Å². The molecule has 2 aromatic carbocycles. The minimum absolute atomic E-state index is 0.0403. The minimum atomic E-state index is -0.412. The van der Waals surface area contributed by atoms with Crippen molar-refractivity contribution in [2.24, 2.45) is 7.05 Å². The van der Waals surface area contributed by atoms with Gasteiger partial charge in [-0.25, -0.2) is 9.97 Å². The number of benzene rings is 2. The number of aromatic nitrogens is 4. The summed E-state index contributed by atoms with van der Waals surface area (Å²) < 4.78 is 1.71. The summed E-state index contributed by atoms with van der Waals surface area (Å²) >= 11 is 0. The monoisotopic (exact) mass is 470 g/mol. The van der Waals surface area contributed by atoms with E-state index in [4.69, 9.17) is 4.98 Å². The van der Waals surface area contributed by atoms with Crippen LogP contribution in [0.1, 0.15) is 0 Å². The Hall–Kier alpha value is -4.31. The number of aryl methyl sites for hydroxylation is 1. The normalized spacial score (nSPS) is 14.2. The van der Waals surface area contributed by atoms with Crippen molar-refractivity contribution >= 4 is 23.0 Å². The fraction of sp³-hybridized carbons (Fsp3) is 0.240. The summed E-state index contributed by atoms with van der Waals surface area (Å²) in [4.78, 5) is 24.5. The smallest absolute Gasteiger partial charge is 0.269 e. The van der Waals surface area contributed by atoms with E-state index in [-0.39, 0.29) is 5.69 Å². The number of nitrogens with zero attached hydrogens (tertiary/aromatic N) is 7. The first-order valence-electron chi connectivity index (χ1n) is 11.4. The highest BCUT2D eigenvalue weighted by Gasteiger charge is 2.17. The highest BCUT2D eigenvalue weighted by Crippen LogP contribution is 2.31. The average Bonchev–Trinajstić information content (AvgIpc) is 3.26. The first kappa shape index (κ1) is 22.5. The van der Waals surface area contributed by atoms with Gasteiger partial charge in [0, 0.05) is 80.3 Å². The summed E-state index contributed by atoms with van der Waals surface area (Å²) in [6.07, 6.45) is 3.60. The molecule has 0 aliphatic carbocycles. The van der Waals surface area contributed by atoms with Crippen molar-refractivity contribution in [1.29, 1.82) is 0 Å². The molecule has 10 heteroatoms. The molecule has 0 bridgehead atoms. The van der Waals surface area contributed by atoms with Gasteiger partial charge in [0.25, 0.3) is 5.69 Å². The van der Waals surface area contributed by atoms with Crippen LogP contribution in [0.5, 0.6) is 0 Å². The lowest BCUT2D eigenvalue weighted by atomic mass is 10.1. The zero-order valence-electron chi connectivity index (χ0n) is 19.6. The summed E-state index contributed by atoms with van der Waals surface area (Å²) in [5.74, 6) is 0.483. The molecule has 1 fully saturated rings. The van der Waals surface area contributed by atoms with Gasteiger partial charge in [0.2, 0.25) is 5.95 Å². The first-order chi connectivity index (χ1) is 17.0. The second kappa shape index (κ2) is 9.51. The fourth-order valence-corrected chi connectivity index (χ4v) is 4.17. The fourth-order valence-electron chi connectivity index (χ4n) is 4.17. The van der Waals surface area contributed by atoms with E-state index in [1.165, 1.54) is 17.8 Å². The van der Waals surface area contributed by atoms with Gasteiger partial charge in [-0.1, -0.05) is 6.07 Å². The van der Waals surface area contributed by atoms with E-state index in [9.17, 15) is 10.1 Å². The van der Waals surface area contributed by atoms with Crippen LogP contribution in [0.15, 0.2) is 67.0 Å². The molecule has 1 saturated heterocycles. The summed E-state index contributed by atoms with van der Waals surface area (Å²) in [5, 5.41) is 18.9. The molecule has 178 valence electrons. The molecular weight excluding hydrogens is 444 g/mol. The number of piperazine rings is 1. The van der Waals surface area contributed by atoms with E-state index in [0.717, 1.165) is 43.0 Å². The first-order valence-corrected chi connectivity index (χ1v) is 11.4. The molecule has 0 unspecified atom stereocenters. The SMILES string of the molecule is CN1CCN(c2cccc(Nc3nccc(-c4cn(C)nc4-c4ccc([N+](=O)[O-])cc4)n3)c2)CC1. The molecule has 0 spiro atoms. The second-order valence-corrected chi connectivity index (χ2v) is 8.60. The van der Waals surface area contributed by atoms with E-state index in [1.807, 2.05) is 31.4 Å². The van der Waals surface area contributed by atoms with Crippen LogP contribution in [-0.4, -0.2) is 62.8 Å². The lowest BCUT2D eigenvalue weighted by Gasteiger charge is -2.34. The second-order valence-electron chi connectivity index (χ2n) is 8.60. The van der Waals surface area contributed by atoms with E-state index < -0.39 is 4.92 Å². The van der Waals surface area contributed by atoms with Crippen molar-refractivity contribution in [1.82, 2.24) is 24.6 Å². The van der Waals surface area contributed by atoms with Crippen molar-refractivity contribution in [3.05, 3.63) is 77.1 Å². The molecule has 5 rings (SSSR count).